The van der Waals surface area contributed by atoms with Gasteiger partial charge in [-0.3, -0.25) is 4.79 Å². The second kappa shape index (κ2) is 8.21. The summed E-state index contributed by atoms with van der Waals surface area (Å²) in [6.07, 6.45) is 2.90. The number of benzene rings is 1. The number of carbonyl (C=O) groups is 2. The van der Waals surface area contributed by atoms with Crippen molar-refractivity contribution in [3.63, 3.8) is 0 Å². The minimum absolute atomic E-state index is 0.0699. The number of carboxylic acid groups (broad SMARTS) is 1. The molecule has 4 rings (SSSR count). The molecule has 0 bridgehead atoms. The first-order valence-electron chi connectivity index (χ1n) is 10.8. The van der Waals surface area contributed by atoms with Crippen molar-refractivity contribution in [1.29, 1.82) is 0 Å². The Morgan fingerprint density at radius 3 is 2.58 bits per heavy atom. The van der Waals surface area contributed by atoms with Crippen LogP contribution in [0.5, 0.6) is 11.6 Å². The van der Waals surface area contributed by atoms with Crippen LogP contribution in [0.4, 0.5) is 10.5 Å². The van der Waals surface area contributed by atoms with Crippen LogP contribution < -0.4 is 9.64 Å². The number of hydrogen-bond acceptors (Lipinski definition) is 4. The molecule has 1 atom stereocenters. The van der Waals surface area contributed by atoms with Gasteiger partial charge in [-0.1, -0.05) is 26.8 Å². The molecule has 2 amide bonds. The van der Waals surface area contributed by atoms with Crippen LogP contribution in [0.25, 0.3) is 0 Å². The van der Waals surface area contributed by atoms with Gasteiger partial charge in [-0.2, -0.15) is 0 Å². The van der Waals surface area contributed by atoms with Gasteiger partial charge in [0.25, 0.3) is 0 Å². The third kappa shape index (κ3) is 4.50. The van der Waals surface area contributed by atoms with Crippen molar-refractivity contribution >= 4 is 17.7 Å². The molecule has 2 aromatic rings. The number of amides is 2. The van der Waals surface area contributed by atoms with E-state index in [4.69, 9.17) is 4.74 Å². The van der Waals surface area contributed by atoms with E-state index in [1.54, 1.807) is 17.2 Å². The van der Waals surface area contributed by atoms with Crippen LogP contribution in [0.1, 0.15) is 50.7 Å². The second-order valence-corrected chi connectivity index (χ2v) is 9.36. The van der Waals surface area contributed by atoms with E-state index in [9.17, 15) is 14.7 Å². The molecule has 3 heterocycles. The molecular formula is C24H29N3O4. The van der Waals surface area contributed by atoms with Crippen molar-refractivity contribution in [2.75, 3.05) is 24.5 Å². The van der Waals surface area contributed by atoms with Crippen LogP contribution >= 0.6 is 0 Å². The number of rotatable bonds is 3. The standard InChI is InChI=1S/C24H29N3O4/c1-24(2,3)20-15-26(23(29)30)12-10-16-13-18(7-8-19(16)20)31-21-9-6-17(14-25-21)27-11-4-5-22(27)28/h6-9,13-14,20H,4-5,10-12,15H2,1-3H3,(H,29,30). The van der Waals surface area contributed by atoms with Crippen molar-refractivity contribution in [1.82, 2.24) is 9.88 Å². The summed E-state index contributed by atoms with van der Waals surface area (Å²) in [6.45, 7) is 8.13. The Morgan fingerprint density at radius 1 is 1.16 bits per heavy atom. The maximum absolute atomic E-state index is 11.9. The van der Waals surface area contributed by atoms with Gasteiger partial charge in [-0.15, -0.1) is 0 Å². The zero-order valence-corrected chi connectivity index (χ0v) is 18.3. The lowest BCUT2D eigenvalue weighted by Gasteiger charge is -2.33. The molecule has 1 aromatic carbocycles. The van der Waals surface area contributed by atoms with E-state index in [2.05, 4.69) is 31.8 Å². The number of aromatic nitrogens is 1. The number of pyridine rings is 1. The molecule has 31 heavy (non-hydrogen) atoms. The number of fused-ring (bicyclic) bond motifs is 1. The third-order valence-corrected chi connectivity index (χ3v) is 6.19. The molecule has 1 saturated heterocycles. The lowest BCUT2D eigenvalue weighted by molar-refractivity contribution is -0.117. The first-order valence-corrected chi connectivity index (χ1v) is 10.8. The molecule has 1 fully saturated rings. The lowest BCUT2D eigenvalue weighted by atomic mass is 9.75. The number of nitrogens with zero attached hydrogens (tertiary/aromatic N) is 3. The van der Waals surface area contributed by atoms with E-state index in [-0.39, 0.29) is 17.2 Å². The maximum atomic E-state index is 11.9. The average molecular weight is 424 g/mol. The Morgan fingerprint density at radius 2 is 1.97 bits per heavy atom. The molecule has 2 aliphatic rings. The summed E-state index contributed by atoms with van der Waals surface area (Å²) in [6, 6.07) is 9.61. The molecule has 1 unspecified atom stereocenters. The summed E-state index contributed by atoms with van der Waals surface area (Å²) in [5.41, 5.74) is 3.01. The summed E-state index contributed by atoms with van der Waals surface area (Å²) in [4.78, 5) is 31.2. The number of ether oxygens (including phenoxy) is 1. The summed E-state index contributed by atoms with van der Waals surface area (Å²) in [5, 5.41) is 9.56. The van der Waals surface area contributed by atoms with E-state index in [1.165, 1.54) is 10.5 Å². The van der Waals surface area contributed by atoms with Gasteiger partial charge in [0.15, 0.2) is 0 Å². The van der Waals surface area contributed by atoms with Gasteiger partial charge in [0.2, 0.25) is 11.8 Å². The molecular weight excluding hydrogens is 394 g/mol. The molecule has 2 aliphatic heterocycles. The van der Waals surface area contributed by atoms with Crippen molar-refractivity contribution < 1.29 is 19.4 Å². The first-order chi connectivity index (χ1) is 14.7. The summed E-state index contributed by atoms with van der Waals surface area (Å²) in [7, 11) is 0. The summed E-state index contributed by atoms with van der Waals surface area (Å²) in [5.74, 6) is 1.37. The quantitative estimate of drug-likeness (QED) is 0.776. The largest absolute Gasteiger partial charge is 0.465 e. The van der Waals surface area contributed by atoms with E-state index in [1.807, 2.05) is 18.2 Å². The predicted molar refractivity (Wildman–Crippen MR) is 118 cm³/mol. The topological polar surface area (TPSA) is 83.0 Å². The Bertz CT molecular complexity index is 981. The van der Waals surface area contributed by atoms with Crippen molar-refractivity contribution in [2.24, 2.45) is 5.41 Å². The van der Waals surface area contributed by atoms with Gasteiger partial charge in [0.1, 0.15) is 5.75 Å². The minimum atomic E-state index is -0.876. The van der Waals surface area contributed by atoms with Gasteiger partial charge >= 0.3 is 6.09 Å². The summed E-state index contributed by atoms with van der Waals surface area (Å²) >= 11 is 0. The fourth-order valence-electron chi connectivity index (χ4n) is 4.42. The zero-order chi connectivity index (χ0) is 22.2. The van der Waals surface area contributed by atoms with E-state index in [0.29, 0.717) is 37.6 Å². The van der Waals surface area contributed by atoms with E-state index in [0.717, 1.165) is 24.2 Å². The number of anilines is 1. The molecule has 0 radical (unpaired) electrons. The van der Waals surface area contributed by atoms with Gasteiger partial charge in [-0.25, -0.2) is 9.78 Å². The highest BCUT2D eigenvalue weighted by Gasteiger charge is 2.33. The fraction of sp³-hybridized carbons (Fsp3) is 0.458. The Kier molecular flexibility index (Phi) is 5.60. The van der Waals surface area contributed by atoms with E-state index >= 15 is 0 Å². The Balaban J connectivity index is 1.55. The third-order valence-electron chi connectivity index (χ3n) is 6.19. The van der Waals surface area contributed by atoms with Crippen LogP contribution in [0.3, 0.4) is 0 Å². The first kappa shape index (κ1) is 21.2. The van der Waals surface area contributed by atoms with Crippen molar-refractivity contribution in [2.45, 2.75) is 46.0 Å². The molecule has 7 heteroatoms. The number of carbonyl (C=O) groups excluding carboxylic acids is 1. The molecule has 0 spiro atoms. The highest BCUT2D eigenvalue weighted by molar-refractivity contribution is 5.95. The molecule has 0 aliphatic carbocycles. The van der Waals surface area contributed by atoms with Gasteiger partial charge in [0, 0.05) is 38.0 Å². The maximum Gasteiger partial charge on any atom is 0.407 e. The van der Waals surface area contributed by atoms with Crippen LogP contribution in [-0.4, -0.2) is 46.6 Å². The van der Waals surface area contributed by atoms with Gasteiger partial charge in [0.05, 0.1) is 11.9 Å². The highest BCUT2D eigenvalue weighted by Crippen LogP contribution is 2.40. The minimum Gasteiger partial charge on any atom is -0.465 e. The highest BCUT2D eigenvalue weighted by atomic mass is 16.5. The van der Waals surface area contributed by atoms with Crippen LogP contribution in [-0.2, 0) is 11.2 Å². The second-order valence-electron chi connectivity index (χ2n) is 9.36. The van der Waals surface area contributed by atoms with Gasteiger partial charge < -0.3 is 19.6 Å². The van der Waals surface area contributed by atoms with Crippen LogP contribution in [0.15, 0.2) is 36.5 Å². The Hall–Kier alpha value is -3.09. The molecule has 7 nitrogen and oxygen atoms in total. The smallest absolute Gasteiger partial charge is 0.407 e. The molecule has 0 saturated carbocycles. The monoisotopic (exact) mass is 423 g/mol. The van der Waals surface area contributed by atoms with Crippen LogP contribution in [0, 0.1) is 5.41 Å². The molecule has 1 aromatic heterocycles. The molecule has 1 N–H and O–H groups in total. The number of hydrogen-bond donors (Lipinski definition) is 1. The van der Waals surface area contributed by atoms with E-state index < -0.39 is 6.09 Å². The predicted octanol–water partition coefficient (Wildman–Crippen LogP) is 4.67. The SMILES string of the molecule is CC(C)(C)C1CN(C(=O)O)CCc2cc(Oc3ccc(N4CCCC4=O)cn3)ccc21. The van der Waals surface area contributed by atoms with Gasteiger partial charge in [-0.05, 0) is 47.6 Å². The lowest BCUT2D eigenvalue weighted by Crippen LogP contribution is -2.36. The van der Waals surface area contributed by atoms with Crippen molar-refractivity contribution in [3.05, 3.63) is 47.7 Å². The average Bonchev–Trinajstić information content (AvgIpc) is 3.03. The van der Waals surface area contributed by atoms with Crippen molar-refractivity contribution in [3.8, 4) is 11.6 Å². The fourth-order valence-corrected chi connectivity index (χ4v) is 4.42. The zero-order valence-electron chi connectivity index (χ0n) is 18.3. The van der Waals surface area contributed by atoms with Crippen LogP contribution in [0.2, 0.25) is 0 Å². The molecule has 164 valence electrons. The Labute approximate surface area is 182 Å². The summed E-state index contributed by atoms with van der Waals surface area (Å²) < 4.78 is 5.98. The normalized spacial score (nSPS) is 19.2.